The minimum atomic E-state index is -5.21. The van der Waals surface area contributed by atoms with Crippen molar-refractivity contribution in [3.05, 3.63) is 28.8 Å². The van der Waals surface area contributed by atoms with Gasteiger partial charge in [0.05, 0.1) is 22.4 Å². The highest BCUT2D eigenvalue weighted by atomic mass is 19.4. The number of carbonyl (C=O) groups excluding carboxylic acids is 1. The van der Waals surface area contributed by atoms with E-state index in [-0.39, 0.29) is 24.9 Å². The van der Waals surface area contributed by atoms with Crippen LogP contribution in [0.5, 0.6) is 0 Å². The van der Waals surface area contributed by atoms with Crippen molar-refractivity contribution >= 4 is 23.4 Å². The van der Waals surface area contributed by atoms with Crippen molar-refractivity contribution in [3.63, 3.8) is 0 Å². The summed E-state index contributed by atoms with van der Waals surface area (Å²) in [6, 6.07) is 0.421. The molecule has 164 valence electrons. The van der Waals surface area contributed by atoms with Gasteiger partial charge < -0.3 is 11.5 Å². The highest BCUT2D eigenvalue weighted by Crippen LogP contribution is 2.46. The fourth-order valence-electron chi connectivity index (χ4n) is 4.03. The first-order valence-electron chi connectivity index (χ1n) is 9.09. The zero-order valence-corrected chi connectivity index (χ0v) is 15.9. The van der Waals surface area contributed by atoms with Gasteiger partial charge in [-0.1, -0.05) is 6.42 Å². The van der Waals surface area contributed by atoms with Crippen LogP contribution in [0.2, 0.25) is 0 Å². The van der Waals surface area contributed by atoms with Crippen LogP contribution in [0.1, 0.15) is 60.5 Å². The summed E-state index contributed by atoms with van der Waals surface area (Å²) in [4.78, 5) is 21.2. The van der Waals surface area contributed by atoms with Gasteiger partial charge in [-0.3, -0.25) is 9.69 Å². The Hall–Kier alpha value is -2.79. The Kier molecular flexibility index (Phi) is 5.23. The number of hydrogen-bond donors (Lipinski definition) is 2. The SMILES string of the molecule is CC(=O)c1c(N2C(N)=NC(N)=NC23CCCCC3)cc(C(F)(F)F)cc1C(F)(F)F. The van der Waals surface area contributed by atoms with E-state index in [1.54, 1.807) is 0 Å². The van der Waals surface area contributed by atoms with Gasteiger partial charge in [0.25, 0.3) is 0 Å². The van der Waals surface area contributed by atoms with E-state index in [1.807, 2.05) is 0 Å². The minimum absolute atomic E-state index is 0.0668. The van der Waals surface area contributed by atoms with Crippen molar-refractivity contribution in [2.45, 2.75) is 57.0 Å². The molecule has 1 aromatic rings. The Balaban J connectivity index is 2.37. The van der Waals surface area contributed by atoms with E-state index in [0.29, 0.717) is 18.9 Å². The van der Waals surface area contributed by atoms with Crippen LogP contribution in [0.4, 0.5) is 32.0 Å². The standard InChI is InChI=1S/C18H19F6N5O/c1-9(30)13-11(18(22,23)24)7-10(17(19,20)21)8-12(13)29-15(26)27-14(25)28-16(29)5-3-2-4-6-16/h7-8H,2-6H2,1H3,(H4,25,26,27,28). The molecule has 1 fully saturated rings. The lowest BCUT2D eigenvalue weighted by atomic mass is 9.86. The Morgan fingerprint density at radius 3 is 2.13 bits per heavy atom. The second-order valence-electron chi connectivity index (χ2n) is 7.29. The van der Waals surface area contributed by atoms with E-state index in [0.717, 1.165) is 18.2 Å². The third-order valence-corrected chi connectivity index (χ3v) is 5.19. The van der Waals surface area contributed by atoms with Gasteiger partial charge >= 0.3 is 12.4 Å². The van der Waals surface area contributed by atoms with E-state index in [1.165, 1.54) is 0 Å². The third-order valence-electron chi connectivity index (χ3n) is 5.19. The van der Waals surface area contributed by atoms with E-state index in [4.69, 9.17) is 11.5 Å². The fourth-order valence-corrected chi connectivity index (χ4v) is 4.03. The number of nitrogens with two attached hydrogens (primary N) is 2. The minimum Gasteiger partial charge on any atom is -0.369 e. The van der Waals surface area contributed by atoms with Gasteiger partial charge in [-0.2, -0.15) is 31.3 Å². The van der Waals surface area contributed by atoms with Crippen molar-refractivity contribution in [2.24, 2.45) is 21.5 Å². The van der Waals surface area contributed by atoms with Gasteiger partial charge in [0.15, 0.2) is 5.78 Å². The molecule has 0 aromatic heterocycles. The molecular weight excluding hydrogens is 416 g/mol. The van der Waals surface area contributed by atoms with Crippen LogP contribution in [-0.2, 0) is 12.4 Å². The predicted molar refractivity (Wildman–Crippen MR) is 98.0 cm³/mol. The molecule has 6 nitrogen and oxygen atoms in total. The molecular formula is C18H19F6N5O. The zero-order chi connectivity index (χ0) is 22.5. The normalized spacial score (nSPS) is 19.5. The monoisotopic (exact) mass is 435 g/mol. The van der Waals surface area contributed by atoms with Crippen molar-refractivity contribution < 1.29 is 31.1 Å². The average molecular weight is 435 g/mol. The van der Waals surface area contributed by atoms with E-state index < -0.39 is 52.1 Å². The summed E-state index contributed by atoms with van der Waals surface area (Å²) in [6.07, 6.45) is -7.74. The van der Waals surface area contributed by atoms with Gasteiger partial charge in [0, 0.05) is 0 Å². The molecule has 1 heterocycles. The molecule has 0 amide bonds. The van der Waals surface area contributed by atoms with Crippen molar-refractivity contribution in [1.82, 2.24) is 0 Å². The van der Waals surface area contributed by atoms with Crippen LogP contribution in [0.25, 0.3) is 0 Å². The topological polar surface area (TPSA) is 97.1 Å². The number of halogens is 6. The van der Waals surface area contributed by atoms with E-state index in [9.17, 15) is 31.1 Å². The lowest BCUT2D eigenvalue weighted by molar-refractivity contribution is -0.143. The summed E-state index contributed by atoms with van der Waals surface area (Å²) in [5.41, 5.74) is 5.51. The highest BCUT2D eigenvalue weighted by Gasteiger charge is 2.47. The number of anilines is 1. The van der Waals surface area contributed by atoms with E-state index in [2.05, 4.69) is 9.98 Å². The molecule has 0 bridgehead atoms. The number of carbonyl (C=O) groups is 1. The Labute approximate surface area is 167 Å². The molecule has 0 unspecified atom stereocenters. The third kappa shape index (κ3) is 3.82. The van der Waals surface area contributed by atoms with Crippen LogP contribution in [0.15, 0.2) is 22.1 Å². The second kappa shape index (κ2) is 7.17. The number of nitrogens with zero attached hydrogens (tertiary/aromatic N) is 3. The quantitative estimate of drug-likeness (QED) is 0.541. The summed E-state index contributed by atoms with van der Waals surface area (Å²) in [7, 11) is 0. The summed E-state index contributed by atoms with van der Waals surface area (Å²) in [5.74, 6) is -1.70. The maximum atomic E-state index is 13.7. The fraction of sp³-hybridized carbons (Fsp3) is 0.500. The number of alkyl halides is 6. The second-order valence-corrected chi connectivity index (χ2v) is 7.29. The zero-order valence-electron chi connectivity index (χ0n) is 15.9. The largest absolute Gasteiger partial charge is 0.417 e. The molecule has 1 aliphatic carbocycles. The molecule has 12 heteroatoms. The van der Waals surface area contributed by atoms with Crippen LogP contribution in [0, 0.1) is 0 Å². The van der Waals surface area contributed by atoms with Crippen LogP contribution in [-0.4, -0.2) is 23.4 Å². The summed E-state index contributed by atoms with van der Waals surface area (Å²) < 4.78 is 81.4. The number of guanidine groups is 2. The first kappa shape index (κ1) is 21.9. The first-order chi connectivity index (χ1) is 13.8. The van der Waals surface area contributed by atoms with Crippen LogP contribution >= 0.6 is 0 Å². The smallest absolute Gasteiger partial charge is 0.369 e. The molecule has 1 aliphatic heterocycles. The van der Waals surface area contributed by atoms with Crippen molar-refractivity contribution in [1.29, 1.82) is 0 Å². The lowest BCUT2D eigenvalue weighted by Gasteiger charge is -2.46. The number of benzene rings is 1. The van der Waals surface area contributed by atoms with Crippen LogP contribution in [0.3, 0.4) is 0 Å². The lowest BCUT2D eigenvalue weighted by Crippen LogP contribution is -2.58. The van der Waals surface area contributed by atoms with Gasteiger partial charge in [0.1, 0.15) is 5.66 Å². The predicted octanol–water partition coefficient (Wildman–Crippen LogP) is 4.04. The molecule has 3 rings (SSSR count). The summed E-state index contributed by atoms with van der Waals surface area (Å²) in [5, 5.41) is 0. The van der Waals surface area contributed by atoms with Gasteiger partial charge in [-0.05, 0) is 44.7 Å². The maximum absolute atomic E-state index is 13.7. The molecule has 0 saturated heterocycles. The summed E-state index contributed by atoms with van der Waals surface area (Å²) >= 11 is 0. The average Bonchev–Trinajstić information content (AvgIpc) is 2.59. The van der Waals surface area contributed by atoms with Gasteiger partial charge in [-0.25, -0.2) is 4.99 Å². The molecule has 1 saturated carbocycles. The van der Waals surface area contributed by atoms with Crippen LogP contribution < -0.4 is 16.4 Å². The molecule has 4 N–H and O–H groups in total. The molecule has 0 atom stereocenters. The number of ketones is 1. The molecule has 30 heavy (non-hydrogen) atoms. The number of rotatable bonds is 2. The molecule has 2 aliphatic rings. The number of aliphatic imine (C=N–C) groups is 2. The van der Waals surface area contributed by atoms with Gasteiger partial charge in [0.2, 0.25) is 11.9 Å². The Morgan fingerprint density at radius 2 is 1.63 bits per heavy atom. The number of Topliss-reactive ketones (excluding diaryl/α,β-unsaturated/α-hetero) is 1. The Morgan fingerprint density at radius 1 is 1.03 bits per heavy atom. The van der Waals surface area contributed by atoms with Crippen molar-refractivity contribution in [2.75, 3.05) is 4.90 Å². The Bertz CT molecular complexity index is 928. The summed E-state index contributed by atoms with van der Waals surface area (Å²) in [6.45, 7) is 0.851. The van der Waals surface area contributed by atoms with Gasteiger partial charge in [-0.15, -0.1) is 0 Å². The maximum Gasteiger partial charge on any atom is 0.417 e. The highest BCUT2D eigenvalue weighted by molar-refractivity contribution is 6.10. The van der Waals surface area contributed by atoms with Crippen molar-refractivity contribution in [3.8, 4) is 0 Å². The molecule has 1 spiro atoms. The van der Waals surface area contributed by atoms with E-state index >= 15 is 0 Å². The molecule has 1 aromatic carbocycles. The number of hydrogen-bond acceptors (Lipinski definition) is 6. The molecule has 0 radical (unpaired) electrons. The first-order valence-corrected chi connectivity index (χ1v) is 9.09.